The predicted molar refractivity (Wildman–Crippen MR) is 75.1 cm³/mol. The summed E-state index contributed by atoms with van der Waals surface area (Å²) in [7, 11) is -3.20. The van der Waals surface area contributed by atoms with Crippen molar-refractivity contribution in [2.45, 2.75) is 44.1 Å². The van der Waals surface area contributed by atoms with Crippen molar-refractivity contribution in [1.82, 2.24) is 9.62 Å². The van der Waals surface area contributed by atoms with Gasteiger partial charge in [-0.3, -0.25) is 0 Å². The fourth-order valence-corrected chi connectivity index (χ4v) is 3.92. The molecule has 1 heterocycles. The molecule has 0 bridgehead atoms. The van der Waals surface area contributed by atoms with Gasteiger partial charge >= 0.3 is 0 Å². The number of hydrogen-bond donors (Lipinski definition) is 1. The van der Waals surface area contributed by atoms with Crippen LogP contribution in [-0.2, 0) is 23.1 Å². The van der Waals surface area contributed by atoms with E-state index in [9.17, 15) is 8.42 Å². The first-order valence-corrected chi connectivity index (χ1v) is 8.37. The predicted octanol–water partition coefficient (Wildman–Crippen LogP) is 1.47. The van der Waals surface area contributed by atoms with Gasteiger partial charge in [-0.25, -0.2) is 8.42 Å². The van der Waals surface area contributed by atoms with Crippen molar-refractivity contribution in [1.29, 1.82) is 0 Å². The smallest absolute Gasteiger partial charge is 0.218 e. The van der Waals surface area contributed by atoms with E-state index in [1.54, 1.807) is 11.2 Å². The molecule has 0 spiro atoms. The maximum absolute atomic E-state index is 12.5. The third kappa shape index (κ3) is 2.68. The number of nitrogens with one attached hydrogen (secondary N) is 1. The quantitative estimate of drug-likeness (QED) is 0.888. The van der Waals surface area contributed by atoms with Crippen molar-refractivity contribution in [2.75, 3.05) is 6.54 Å². The fraction of sp³-hybridized carbons (Fsp3) is 0.571. The number of fused-ring (bicyclic) bond motifs is 1. The summed E-state index contributed by atoms with van der Waals surface area (Å²) in [6, 6.07) is 8.50. The maximum Gasteiger partial charge on any atom is 0.218 e. The summed E-state index contributed by atoms with van der Waals surface area (Å²) in [5.41, 5.74) is 2.27. The number of nitrogens with zero attached hydrogens (tertiary/aromatic N) is 1. The average Bonchev–Trinajstić information content (AvgIpc) is 3.11. The highest BCUT2D eigenvalue weighted by Gasteiger charge is 2.34. The summed E-state index contributed by atoms with van der Waals surface area (Å²) >= 11 is 0. The number of benzene rings is 1. The molecule has 0 saturated heterocycles. The second-order valence-corrected chi connectivity index (χ2v) is 7.93. The van der Waals surface area contributed by atoms with Gasteiger partial charge < -0.3 is 5.32 Å². The Labute approximate surface area is 114 Å². The minimum atomic E-state index is -3.20. The molecule has 104 valence electrons. The van der Waals surface area contributed by atoms with Crippen molar-refractivity contribution >= 4 is 10.0 Å². The summed E-state index contributed by atoms with van der Waals surface area (Å²) < 4.78 is 26.6. The highest BCUT2D eigenvalue weighted by Crippen LogP contribution is 2.27. The summed E-state index contributed by atoms with van der Waals surface area (Å²) in [5.74, 6) is 0. The molecule has 5 heteroatoms. The van der Waals surface area contributed by atoms with Crippen LogP contribution in [0.5, 0.6) is 0 Å². The second-order valence-electron chi connectivity index (χ2n) is 5.57. The van der Waals surface area contributed by atoms with Gasteiger partial charge in [0.2, 0.25) is 10.0 Å². The summed E-state index contributed by atoms with van der Waals surface area (Å²) in [6.45, 7) is 3.39. The molecule has 1 aromatic carbocycles. The van der Waals surface area contributed by atoms with E-state index >= 15 is 0 Å². The van der Waals surface area contributed by atoms with Crippen molar-refractivity contribution in [3.05, 3.63) is 35.4 Å². The van der Waals surface area contributed by atoms with Gasteiger partial charge in [0, 0.05) is 25.7 Å². The molecule has 19 heavy (non-hydrogen) atoms. The molecule has 0 aromatic heterocycles. The van der Waals surface area contributed by atoms with Crippen LogP contribution < -0.4 is 5.32 Å². The van der Waals surface area contributed by atoms with Crippen molar-refractivity contribution in [2.24, 2.45) is 0 Å². The van der Waals surface area contributed by atoms with E-state index in [0.29, 0.717) is 25.7 Å². The molecule has 1 aromatic rings. The van der Waals surface area contributed by atoms with Gasteiger partial charge in [0.1, 0.15) is 0 Å². The van der Waals surface area contributed by atoms with Crippen LogP contribution >= 0.6 is 0 Å². The maximum atomic E-state index is 12.5. The molecule has 2 aliphatic rings. The summed E-state index contributed by atoms with van der Waals surface area (Å²) in [5, 5.41) is 2.94. The molecule has 1 aliphatic carbocycles. The highest BCUT2D eigenvalue weighted by atomic mass is 32.2. The first-order valence-electron chi connectivity index (χ1n) is 6.86. The number of sulfonamides is 1. The zero-order chi connectivity index (χ0) is 13.5. The first kappa shape index (κ1) is 13.1. The molecular weight excluding hydrogens is 260 g/mol. The van der Waals surface area contributed by atoms with E-state index in [1.807, 2.05) is 24.3 Å². The van der Waals surface area contributed by atoms with Crippen molar-refractivity contribution in [3.8, 4) is 0 Å². The molecule has 4 nitrogen and oxygen atoms in total. The van der Waals surface area contributed by atoms with E-state index in [0.717, 1.165) is 11.1 Å². The third-order valence-corrected chi connectivity index (χ3v) is 6.11. The highest BCUT2D eigenvalue weighted by molar-refractivity contribution is 7.89. The van der Waals surface area contributed by atoms with E-state index in [-0.39, 0.29) is 5.25 Å². The molecular formula is C14H20N2O2S. The lowest BCUT2D eigenvalue weighted by molar-refractivity contribution is 0.421. The van der Waals surface area contributed by atoms with Crippen molar-refractivity contribution < 1.29 is 8.42 Å². The monoisotopic (exact) mass is 280 g/mol. The zero-order valence-corrected chi connectivity index (χ0v) is 12.0. The van der Waals surface area contributed by atoms with Gasteiger partial charge in [-0.2, -0.15) is 4.31 Å². The topological polar surface area (TPSA) is 49.4 Å². The van der Waals surface area contributed by atoms with Crippen LogP contribution in [0, 0.1) is 0 Å². The van der Waals surface area contributed by atoms with Gasteiger partial charge in [0.15, 0.2) is 0 Å². The largest absolute Gasteiger partial charge is 0.313 e. The standard InChI is InChI=1S/C14H20N2O2S/c1-11(8-15-14-6-7-14)19(17,18)16-9-12-4-2-3-5-13(12)10-16/h2-5,11,14-15H,6-10H2,1H3. The van der Waals surface area contributed by atoms with Crippen LogP contribution in [0.4, 0.5) is 0 Å². The molecule has 1 aliphatic heterocycles. The summed E-state index contributed by atoms with van der Waals surface area (Å²) in [4.78, 5) is 0. The molecule has 0 radical (unpaired) electrons. The Kier molecular flexibility index (Phi) is 3.37. The Balaban J connectivity index is 1.68. The summed E-state index contributed by atoms with van der Waals surface area (Å²) in [6.07, 6.45) is 2.36. The Bertz CT molecular complexity index is 542. The molecule has 1 N–H and O–H groups in total. The van der Waals surface area contributed by atoms with Gasteiger partial charge in [0.25, 0.3) is 0 Å². The SMILES string of the molecule is CC(CNC1CC1)S(=O)(=O)N1Cc2ccccc2C1. The normalized spacial score (nSPS) is 21.3. The molecule has 1 saturated carbocycles. The molecule has 1 unspecified atom stereocenters. The number of rotatable bonds is 5. The lowest BCUT2D eigenvalue weighted by Gasteiger charge is -2.21. The Hall–Kier alpha value is -0.910. The zero-order valence-electron chi connectivity index (χ0n) is 11.2. The number of hydrogen-bond acceptors (Lipinski definition) is 3. The van der Waals surface area contributed by atoms with Gasteiger partial charge in [-0.15, -0.1) is 0 Å². The van der Waals surface area contributed by atoms with Gasteiger partial charge in [0.05, 0.1) is 5.25 Å². The lowest BCUT2D eigenvalue weighted by atomic mass is 10.1. The van der Waals surface area contributed by atoms with Crippen LogP contribution in [-0.4, -0.2) is 30.6 Å². The second kappa shape index (κ2) is 4.89. The fourth-order valence-electron chi connectivity index (χ4n) is 2.46. The lowest BCUT2D eigenvalue weighted by Crippen LogP contribution is -2.40. The van der Waals surface area contributed by atoms with E-state index in [1.165, 1.54) is 12.8 Å². The van der Waals surface area contributed by atoms with Crippen LogP contribution in [0.1, 0.15) is 30.9 Å². The minimum absolute atomic E-state index is 0.359. The van der Waals surface area contributed by atoms with Crippen LogP contribution in [0.2, 0.25) is 0 Å². The van der Waals surface area contributed by atoms with E-state index < -0.39 is 10.0 Å². The Morgan fingerprint density at radius 2 is 1.84 bits per heavy atom. The van der Waals surface area contributed by atoms with Crippen LogP contribution in [0.15, 0.2) is 24.3 Å². The van der Waals surface area contributed by atoms with Crippen molar-refractivity contribution in [3.63, 3.8) is 0 Å². The Morgan fingerprint density at radius 3 is 2.37 bits per heavy atom. The van der Waals surface area contributed by atoms with Crippen LogP contribution in [0.3, 0.4) is 0 Å². The molecule has 3 rings (SSSR count). The van der Waals surface area contributed by atoms with Crippen LogP contribution in [0.25, 0.3) is 0 Å². The van der Waals surface area contributed by atoms with Gasteiger partial charge in [-0.1, -0.05) is 24.3 Å². The molecule has 1 fully saturated rings. The van der Waals surface area contributed by atoms with Gasteiger partial charge in [-0.05, 0) is 30.9 Å². The molecule has 0 amide bonds. The minimum Gasteiger partial charge on any atom is -0.313 e. The molecule has 1 atom stereocenters. The Morgan fingerprint density at radius 1 is 1.26 bits per heavy atom. The first-order chi connectivity index (χ1) is 9.07. The van der Waals surface area contributed by atoms with E-state index in [2.05, 4.69) is 5.32 Å². The third-order valence-electron chi connectivity index (χ3n) is 3.95. The average molecular weight is 280 g/mol. The van der Waals surface area contributed by atoms with E-state index in [4.69, 9.17) is 0 Å².